The molecule has 2 fully saturated rings. The molecule has 2 aliphatic rings. The Morgan fingerprint density at radius 2 is 2.15 bits per heavy atom. The number of para-hydroxylation sites is 1. The summed E-state index contributed by atoms with van der Waals surface area (Å²) in [6, 6.07) is 8.53. The summed E-state index contributed by atoms with van der Waals surface area (Å²) in [4.78, 5) is 17.7. The van der Waals surface area contributed by atoms with Crippen LogP contribution in [0.3, 0.4) is 0 Å². The van der Waals surface area contributed by atoms with Crippen LogP contribution in [0.15, 0.2) is 24.3 Å². The van der Waals surface area contributed by atoms with E-state index in [0.717, 1.165) is 50.0 Å². The Bertz CT molecular complexity index is 817. The number of carbonyl (C=O) groups is 1. The Kier molecular flexibility index (Phi) is 4.95. The van der Waals surface area contributed by atoms with E-state index in [1.807, 2.05) is 40.8 Å². The maximum Gasteiger partial charge on any atom is 0.270 e. The molecule has 4 rings (SSSR count). The number of hydrogen-bond acceptors (Lipinski definition) is 3. The van der Waals surface area contributed by atoms with Crippen LogP contribution < -0.4 is 0 Å². The number of aromatic nitrogens is 1. The summed E-state index contributed by atoms with van der Waals surface area (Å²) >= 11 is 6.33. The van der Waals surface area contributed by atoms with Gasteiger partial charge in [0.25, 0.3) is 5.91 Å². The summed E-state index contributed by atoms with van der Waals surface area (Å²) in [7, 11) is 1.92. The van der Waals surface area contributed by atoms with E-state index in [0.29, 0.717) is 29.4 Å². The molecule has 26 heavy (non-hydrogen) atoms. The molecule has 5 nitrogen and oxygen atoms in total. The van der Waals surface area contributed by atoms with Crippen molar-refractivity contribution in [2.75, 3.05) is 32.8 Å². The number of ether oxygens (including phenoxy) is 1. The fraction of sp³-hybridized carbons (Fsp3) is 0.550. The molecule has 3 heterocycles. The number of carbonyl (C=O) groups excluding carboxylic acids is 1. The Balaban J connectivity index is 1.55. The molecule has 6 heteroatoms. The fourth-order valence-electron chi connectivity index (χ4n) is 4.44. The first-order valence-corrected chi connectivity index (χ1v) is 9.84. The fourth-order valence-corrected chi connectivity index (χ4v) is 4.74. The van der Waals surface area contributed by atoms with Gasteiger partial charge in [0.05, 0.1) is 29.8 Å². The molecule has 1 aromatic carbocycles. The van der Waals surface area contributed by atoms with Gasteiger partial charge in [0.1, 0.15) is 5.69 Å². The monoisotopic (exact) mass is 375 g/mol. The van der Waals surface area contributed by atoms with E-state index >= 15 is 0 Å². The summed E-state index contributed by atoms with van der Waals surface area (Å²) in [5.41, 5.74) is 1.61. The normalized spacial score (nSPS) is 24.0. The highest BCUT2D eigenvalue weighted by atomic mass is 35.5. The van der Waals surface area contributed by atoms with Crippen LogP contribution in [-0.4, -0.2) is 65.2 Å². The molecular formula is C20H26ClN3O2. The van der Waals surface area contributed by atoms with Gasteiger partial charge in [-0.15, -0.1) is 0 Å². The maximum atomic E-state index is 13.2. The van der Waals surface area contributed by atoms with Gasteiger partial charge < -0.3 is 14.2 Å². The van der Waals surface area contributed by atoms with Gasteiger partial charge in [-0.3, -0.25) is 9.69 Å². The Hall–Kier alpha value is -1.56. The minimum absolute atomic E-state index is 0.0806. The van der Waals surface area contributed by atoms with E-state index in [9.17, 15) is 4.79 Å². The topological polar surface area (TPSA) is 37.7 Å². The zero-order chi connectivity index (χ0) is 18.3. The number of aryl methyl sites for hydroxylation is 1. The lowest BCUT2D eigenvalue weighted by Crippen LogP contribution is -2.62. The number of fused-ring (bicyclic) bond motifs is 2. The standard InChI is InChI=1S/C20H26ClN3O2/c1-3-5-15-12-26-13-16-11-23(8-9-24(15)16)20(25)18-10-14-6-4-7-17(21)19(14)22(18)2/h4,6-7,10,15-16H,3,5,8-9,11-13H2,1-2H3/t15-,16+/m0/s1. The van der Waals surface area contributed by atoms with Crippen molar-refractivity contribution < 1.29 is 9.53 Å². The molecule has 2 aliphatic heterocycles. The van der Waals surface area contributed by atoms with Gasteiger partial charge in [-0.25, -0.2) is 0 Å². The summed E-state index contributed by atoms with van der Waals surface area (Å²) in [5.74, 6) is 0.0806. The Labute approximate surface area is 159 Å². The van der Waals surface area contributed by atoms with Crippen LogP contribution in [0.2, 0.25) is 5.02 Å². The van der Waals surface area contributed by atoms with Crippen molar-refractivity contribution in [2.24, 2.45) is 7.05 Å². The number of halogens is 1. The smallest absolute Gasteiger partial charge is 0.270 e. The van der Waals surface area contributed by atoms with E-state index in [4.69, 9.17) is 16.3 Å². The minimum atomic E-state index is 0.0806. The van der Waals surface area contributed by atoms with E-state index < -0.39 is 0 Å². The predicted molar refractivity (Wildman–Crippen MR) is 104 cm³/mol. The molecule has 0 saturated carbocycles. The number of hydrogen-bond donors (Lipinski definition) is 0. The van der Waals surface area contributed by atoms with Gasteiger partial charge in [0, 0.05) is 38.1 Å². The number of benzene rings is 1. The first-order valence-electron chi connectivity index (χ1n) is 9.47. The van der Waals surface area contributed by atoms with Crippen LogP contribution in [0.4, 0.5) is 0 Å². The van der Waals surface area contributed by atoms with Crippen LogP contribution in [0.25, 0.3) is 10.9 Å². The molecule has 0 unspecified atom stereocenters. The zero-order valence-electron chi connectivity index (χ0n) is 15.4. The van der Waals surface area contributed by atoms with Gasteiger partial charge in [0.2, 0.25) is 0 Å². The van der Waals surface area contributed by atoms with Gasteiger partial charge in [-0.1, -0.05) is 37.1 Å². The van der Waals surface area contributed by atoms with Crippen molar-refractivity contribution >= 4 is 28.4 Å². The zero-order valence-corrected chi connectivity index (χ0v) is 16.2. The van der Waals surface area contributed by atoms with Crippen LogP contribution in [0.1, 0.15) is 30.3 Å². The third kappa shape index (κ3) is 3.02. The molecule has 140 valence electrons. The third-order valence-electron chi connectivity index (χ3n) is 5.75. The van der Waals surface area contributed by atoms with E-state index in [2.05, 4.69) is 11.8 Å². The van der Waals surface area contributed by atoms with Crippen LogP contribution in [0.5, 0.6) is 0 Å². The molecule has 2 aromatic rings. The van der Waals surface area contributed by atoms with Crippen molar-refractivity contribution in [3.8, 4) is 0 Å². The van der Waals surface area contributed by atoms with Crippen LogP contribution >= 0.6 is 11.6 Å². The average molecular weight is 376 g/mol. The molecule has 1 aromatic heterocycles. The molecular weight excluding hydrogens is 350 g/mol. The van der Waals surface area contributed by atoms with Crippen molar-refractivity contribution in [1.29, 1.82) is 0 Å². The quantitative estimate of drug-likeness (QED) is 0.827. The largest absolute Gasteiger partial charge is 0.378 e. The molecule has 0 radical (unpaired) electrons. The number of nitrogens with zero attached hydrogens (tertiary/aromatic N) is 3. The Morgan fingerprint density at radius 3 is 2.92 bits per heavy atom. The molecule has 0 N–H and O–H groups in total. The predicted octanol–water partition coefficient (Wildman–Crippen LogP) is 3.16. The first kappa shape index (κ1) is 17.8. The summed E-state index contributed by atoms with van der Waals surface area (Å²) in [5, 5.41) is 1.68. The highest BCUT2D eigenvalue weighted by molar-refractivity contribution is 6.35. The average Bonchev–Trinajstić information content (AvgIpc) is 2.99. The molecule has 0 aliphatic carbocycles. The summed E-state index contributed by atoms with van der Waals surface area (Å²) in [6.45, 7) is 6.17. The molecule has 1 amide bonds. The summed E-state index contributed by atoms with van der Waals surface area (Å²) in [6.07, 6.45) is 2.32. The SMILES string of the molecule is CCC[C@H]1COC[C@H]2CN(C(=O)c3cc4cccc(Cl)c4n3C)CCN12. The van der Waals surface area contributed by atoms with Crippen molar-refractivity contribution in [2.45, 2.75) is 31.8 Å². The van der Waals surface area contributed by atoms with Gasteiger partial charge in [-0.2, -0.15) is 0 Å². The Morgan fingerprint density at radius 1 is 1.31 bits per heavy atom. The number of rotatable bonds is 3. The maximum absolute atomic E-state index is 13.2. The third-order valence-corrected chi connectivity index (χ3v) is 6.06. The van der Waals surface area contributed by atoms with E-state index in [1.54, 1.807) is 0 Å². The van der Waals surface area contributed by atoms with Crippen molar-refractivity contribution in [3.63, 3.8) is 0 Å². The number of morpholine rings is 1. The minimum Gasteiger partial charge on any atom is -0.378 e. The molecule has 0 bridgehead atoms. The second kappa shape index (κ2) is 7.22. The van der Waals surface area contributed by atoms with Gasteiger partial charge in [0.15, 0.2) is 0 Å². The van der Waals surface area contributed by atoms with Gasteiger partial charge in [-0.05, 0) is 18.6 Å². The lowest BCUT2D eigenvalue weighted by atomic mass is 10.0. The van der Waals surface area contributed by atoms with E-state index in [-0.39, 0.29) is 5.91 Å². The van der Waals surface area contributed by atoms with E-state index in [1.165, 1.54) is 0 Å². The highest BCUT2D eigenvalue weighted by Crippen LogP contribution is 2.28. The second-order valence-corrected chi connectivity index (χ2v) is 7.80. The lowest BCUT2D eigenvalue weighted by molar-refractivity contribution is -0.0777. The van der Waals surface area contributed by atoms with Crippen molar-refractivity contribution in [3.05, 3.63) is 35.0 Å². The second-order valence-electron chi connectivity index (χ2n) is 7.39. The van der Waals surface area contributed by atoms with Gasteiger partial charge >= 0.3 is 0 Å². The molecule has 0 spiro atoms. The van der Waals surface area contributed by atoms with Crippen LogP contribution in [-0.2, 0) is 11.8 Å². The lowest BCUT2D eigenvalue weighted by Gasteiger charge is -2.48. The first-order chi connectivity index (χ1) is 12.6. The number of piperazine rings is 1. The van der Waals surface area contributed by atoms with Crippen molar-refractivity contribution in [1.82, 2.24) is 14.4 Å². The van der Waals surface area contributed by atoms with Crippen LogP contribution in [0, 0.1) is 0 Å². The summed E-state index contributed by atoms with van der Waals surface area (Å²) < 4.78 is 7.74. The highest BCUT2D eigenvalue weighted by Gasteiger charge is 2.37. The number of amides is 1. The molecule has 2 saturated heterocycles. The molecule has 2 atom stereocenters.